The van der Waals surface area contributed by atoms with Gasteiger partial charge in [-0.2, -0.15) is 10.3 Å². The van der Waals surface area contributed by atoms with Crippen molar-refractivity contribution in [3.05, 3.63) is 60.8 Å². The van der Waals surface area contributed by atoms with Gasteiger partial charge in [-0.05, 0) is 6.07 Å². The molecule has 22 heavy (non-hydrogen) atoms. The van der Waals surface area contributed by atoms with Gasteiger partial charge < -0.3 is 4.74 Å². The summed E-state index contributed by atoms with van der Waals surface area (Å²) in [6.07, 6.45) is 1.68. The topological polar surface area (TPSA) is 76.6 Å². The van der Waals surface area contributed by atoms with Crippen molar-refractivity contribution in [1.82, 2.24) is 25.4 Å². The van der Waals surface area contributed by atoms with E-state index in [4.69, 9.17) is 4.74 Å². The molecule has 0 bridgehead atoms. The molecule has 1 aromatic carbocycles. The highest BCUT2D eigenvalue weighted by Crippen LogP contribution is 2.32. The molecule has 3 aromatic heterocycles. The third-order valence-corrected chi connectivity index (χ3v) is 3.17. The Morgan fingerprint density at radius 2 is 1.77 bits per heavy atom. The van der Waals surface area contributed by atoms with E-state index in [-0.39, 0.29) is 0 Å². The number of hydrogen-bond donors (Lipinski definition) is 1. The van der Waals surface area contributed by atoms with Crippen LogP contribution in [0.15, 0.2) is 60.8 Å². The largest absolute Gasteiger partial charge is 0.437 e. The van der Waals surface area contributed by atoms with Crippen LogP contribution in [0.1, 0.15) is 0 Å². The molecule has 0 saturated carbocycles. The van der Waals surface area contributed by atoms with Gasteiger partial charge in [0.15, 0.2) is 5.75 Å². The van der Waals surface area contributed by atoms with Crippen molar-refractivity contribution < 1.29 is 4.74 Å². The summed E-state index contributed by atoms with van der Waals surface area (Å²) in [7, 11) is 0. The highest BCUT2D eigenvalue weighted by molar-refractivity contribution is 5.79. The first-order chi connectivity index (χ1) is 10.9. The molecule has 4 rings (SSSR count). The number of benzene rings is 1. The molecule has 0 aliphatic heterocycles. The smallest absolute Gasteiger partial charge is 0.219 e. The van der Waals surface area contributed by atoms with Gasteiger partial charge in [-0.25, -0.2) is 9.97 Å². The number of ether oxygens (including phenoxy) is 1. The predicted molar refractivity (Wildman–Crippen MR) is 81.4 cm³/mol. The van der Waals surface area contributed by atoms with Crippen LogP contribution in [-0.2, 0) is 0 Å². The van der Waals surface area contributed by atoms with Crippen LogP contribution in [0, 0.1) is 0 Å². The van der Waals surface area contributed by atoms with Crippen molar-refractivity contribution in [3.63, 3.8) is 0 Å². The zero-order valence-corrected chi connectivity index (χ0v) is 11.5. The van der Waals surface area contributed by atoms with Gasteiger partial charge in [-0.15, -0.1) is 5.10 Å². The molecule has 0 atom stereocenters. The number of H-pyrrole nitrogens is 1. The lowest BCUT2D eigenvalue weighted by Gasteiger charge is -2.09. The Bertz CT molecular complexity index is 906. The number of pyridine rings is 2. The lowest BCUT2D eigenvalue weighted by Crippen LogP contribution is -1.93. The minimum atomic E-state index is 0.504. The molecular weight excluding hydrogens is 278 g/mol. The third kappa shape index (κ3) is 2.26. The molecule has 3 heterocycles. The van der Waals surface area contributed by atoms with Gasteiger partial charge in [0.25, 0.3) is 0 Å². The first-order valence-corrected chi connectivity index (χ1v) is 6.76. The van der Waals surface area contributed by atoms with Gasteiger partial charge in [0.2, 0.25) is 11.5 Å². The zero-order chi connectivity index (χ0) is 14.8. The van der Waals surface area contributed by atoms with E-state index in [1.54, 1.807) is 12.3 Å². The third-order valence-electron chi connectivity index (χ3n) is 3.17. The van der Waals surface area contributed by atoms with E-state index < -0.39 is 0 Å². The van der Waals surface area contributed by atoms with E-state index in [1.165, 1.54) is 0 Å². The van der Waals surface area contributed by atoms with E-state index >= 15 is 0 Å². The molecule has 4 aromatic rings. The molecule has 1 N–H and O–H groups in total. The number of fused-ring (bicyclic) bond motifs is 1. The molecule has 6 heteroatoms. The van der Waals surface area contributed by atoms with Crippen LogP contribution in [0.25, 0.3) is 22.4 Å². The molecule has 0 aliphatic rings. The number of aromatic amines is 1. The van der Waals surface area contributed by atoms with Crippen LogP contribution >= 0.6 is 0 Å². The van der Waals surface area contributed by atoms with Crippen molar-refractivity contribution in [2.45, 2.75) is 0 Å². The molecular formula is C16H11N5O. The van der Waals surface area contributed by atoms with Gasteiger partial charge in [0.05, 0.1) is 0 Å². The molecule has 0 saturated heterocycles. The van der Waals surface area contributed by atoms with Crippen LogP contribution in [0.5, 0.6) is 11.6 Å². The fourth-order valence-electron chi connectivity index (χ4n) is 2.17. The van der Waals surface area contributed by atoms with Gasteiger partial charge in [0.1, 0.15) is 11.2 Å². The normalized spacial score (nSPS) is 10.7. The maximum absolute atomic E-state index is 5.89. The summed E-state index contributed by atoms with van der Waals surface area (Å²) in [5, 5.41) is 10.7. The maximum Gasteiger partial charge on any atom is 0.219 e. The molecule has 0 amide bonds. The Balaban J connectivity index is 1.87. The summed E-state index contributed by atoms with van der Waals surface area (Å²) >= 11 is 0. The zero-order valence-electron chi connectivity index (χ0n) is 11.5. The number of aromatic nitrogens is 5. The van der Waals surface area contributed by atoms with Crippen LogP contribution in [0.4, 0.5) is 0 Å². The Morgan fingerprint density at radius 3 is 2.59 bits per heavy atom. The summed E-state index contributed by atoms with van der Waals surface area (Å²) in [5.41, 5.74) is 2.84. The van der Waals surface area contributed by atoms with Crippen molar-refractivity contribution >= 4 is 11.2 Å². The first kappa shape index (κ1) is 12.5. The van der Waals surface area contributed by atoms with E-state index in [0.717, 1.165) is 5.56 Å². The van der Waals surface area contributed by atoms with Gasteiger partial charge in [0, 0.05) is 23.9 Å². The van der Waals surface area contributed by atoms with Gasteiger partial charge in [-0.3, -0.25) is 0 Å². The molecule has 0 fully saturated rings. The van der Waals surface area contributed by atoms with Crippen molar-refractivity contribution in [2.24, 2.45) is 0 Å². The summed E-state index contributed by atoms with van der Waals surface area (Å²) in [4.78, 5) is 8.73. The van der Waals surface area contributed by atoms with Gasteiger partial charge >= 0.3 is 0 Å². The van der Waals surface area contributed by atoms with Crippen LogP contribution in [0.3, 0.4) is 0 Å². The number of hydrogen-bond acceptors (Lipinski definition) is 5. The summed E-state index contributed by atoms with van der Waals surface area (Å²) in [6.45, 7) is 0. The standard InChI is InChI=1S/C16H11N5O/c1-2-6-11(7-3-1)15-13(22-14-8-4-5-9-17-14)10-12-16(18-15)20-21-19-12/h1-10H,(H,18,19,20,21). The second-order valence-electron chi connectivity index (χ2n) is 4.64. The number of rotatable bonds is 3. The van der Waals surface area contributed by atoms with Crippen LogP contribution < -0.4 is 4.74 Å². The highest BCUT2D eigenvalue weighted by atomic mass is 16.5. The predicted octanol–water partition coefficient (Wildman–Crippen LogP) is 3.21. The second kappa shape index (κ2) is 5.25. The highest BCUT2D eigenvalue weighted by Gasteiger charge is 2.13. The first-order valence-electron chi connectivity index (χ1n) is 6.76. The van der Waals surface area contributed by atoms with Gasteiger partial charge in [-0.1, -0.05) is 36.4 Å². The Hall–Kier alpha value is -3.28. The summed E-state index contributed by atoms with van der Waals surface area (Å²) < 4.78 is 5.89. The van der Waals surface area contributed by atoms with Crippen LogP contribution in [0.2, 0.25) is 0 Å². The van der Waals surface area contributed by atoms with Crippen molar-refractivity contribution in [1.29, 1.82) is 0 Å². The Kier molecular flexibility index (Phi) is 2.97. The maximum atomic E-state index is 5.89. The molecule has 0 spiro atoms. The SMILES string of the molecule is c1ccc(-c2nc3n[nH]nc3cc2Oc2ccccn2)cc1. The Morgan fingerprint density at radius 1 is 0.909 bits per heavy atom. The van der Waals surface area contributed by atoms with E-state index in [9.17, 15) is 0 Å². The Labute approximate surface area is 125 Å². The number of nitrogens with one attached hydrogen (secondary N) is 1. The quantitative estimate of drug-likeness (QED) is 0.626. The lowest BCUT2D eigenvalue weighted by molar-refractivity contribution is 0.463. The summed E-state index contributed by atoms with van der Waals surface area (Å²) in [5.74, 6) is 1.09. The molecule has 0 unspecified atom stereocenters. The molecule has 6 nitrogen and oxygen atoms in total. The fourth-order valence-corrected chi connectivity index (χ4v) is 2.17. The van der Waals surface area contributed by atoms with Crippen molar-refractivity contribution in [2.75, 3.05) is 0 Å². The average Bonchev–Trinajstić information content (AvgIpc) is 3.03. The fraction of sp³-hybridized carbons (Fsp3) is 0. The average molecular weight is 289 g/mol. The molecule has 0 aliphatic carbocycles. The van der Waals surface area contributed by atoms with Crippen molar-refractivity contribution in [3.8, 4) is 22.9 Å². The minimum Gasteiger partial charge on any atom is -0.437 e. The monoisotopic (exact) mass is 289 g/mol. The summed E-state index contributed by atoms with van der Waals surface area (Å²) in [6, 6.07) is 17.1. The van der Waals surface area contributed by atoms with E-state index in [0.29, 0.717) is 28.5 Å². The minimum absolute atomic E-state index is 0.504. The molecule has 0 radical (unpaired) electrons. The van der Waals surface area contributed by atoms with E-state index in [2.05, 4.69) is 25.4 Å². The lowest BCUT2D eigenvalue weighted by atomic mass is 10.1. The second-order valence-corrected chi connectivity index (χ2v) is 4.64. The van der Waals surface area contributed by atoms with E-state index in [1.807, 2.05) is 48.5 Å². The number of nitrogens with zero attached hydrogens (tertiary/aromatic N) is 4. The molecule has 106 valence electrons. The van der Waals surface area contributed by atoms with Crippen LogP contribution in [-0.4, -0.2) is 25.4 Å².